The quantitative estimate of drug-likeness (QED) is 0.894. The van der Waals surface area contributed by atoms with Gasteiger partial charge in [-0.25, -0.2) is 9.97 Å². The molecule has 3 rings (SSSR count). The Morgan fingerprint density at radius 3 is 2.87 bits per heavy atom. The number of aromatic nitrogens is 2. The van der Waals surface area contributed by atoms with Gasteiger partial charge in [-0.2, -0.15) is 0 Å². The smallest absolute Gasteiger partial charge is 0.286 e. The lowest BCUT2D eigenvalue weighted by molar-refractivity contribution is 0.0728. The number of carbonyl (C=O) groups excluding carboxylic acids is 2. The minimum Gasteiger partial charge on any atom is -0.496 e. The summed E-state index contributed by atoms with van der Waals surface area (Å²) in [6.45, 7) is 0.811. The Morgan fingerprint density at radius 1 is 1.35 bits per heavy atom. The Hall–Kier alpha value is -2.96. The molecule has 1 aromatic carbocycles. The maximum absolute atomic E-state index is 12.7. The minimum atomic E-state index is -0.711. The number of nitrogens with two attached hydrogens (primary N) is 1. The van der Waals surface area contributed by atoms with E-state index in [1.807, 2.05) is 6.07 Å². The molecule has 0 aliphatic carbocycles. The van der Waals surface area contributed by atoms with Crippen LogP contribution in [0.25, 0.3) is 0 Å². The summed E-state index contributed by atoms with van der Waals surface area (Å²) in [6.07, 6.45) is 3.36. The third-order valence-electron chi connectivity index (χ3n) is 3.70. The molecule has 0 saturated heterocycles. The third kappa shape index (κ3) is 2.85. The van der Waals surface area contributed by atoms with Crippen molar-refractivity contribution < 1.29 is 14.3 Å². The first kappa shape index (κ1) is 15.0. The van der Waals surface area contributed by atoms with Gasteiger partial charge in [0.05, 0.1) is 31.1 Å². The fourth-order valence-electron chi connectivity index (χ4n) is 2.52. The van der Waals surface area contributed by atoms with Crippen molar-refractivity contribution in [1.29, 1.82) is 0 Å². The van der Waals surface area contributed by atoms with Crippen LogP contribution in [-0.2, 0) is 13.0 Å². The lowest BCUT2D eigenvalue weighted by atomic mass is 10.1. The van der Waals surface area contributed by atoms with Crippen molar-refractivity contribution in [2.45, 2.75) is 13.0 Å². The van der Waals surface area contributed by atoms with Gasteiger partial charge in [0.1, 0.15) is 5.75 Å². The Bertz CT molecular complexity index is 776. The van der Waals surface area contributed by atoms with E-state index in [2.05, 4.69) is 16.2 Å². The highest BCUT2D eigenvalue weighted by Gasteiger charge is 2.25. The molecule has 1 aliphatic rings. The van der Waals surface area contributed by atoms with E-state index in [0.717, 1.165) is 5.56 Å². The van der Waals surface area contributed by atoms with Crippen LogP contribution in [-0.4, -0.2) is 40.3 Å². The van der Waals surface area contributed by atoms with Crippen LogP contribution in [0.3, 0.4) is 0 Å². The molecule has 1 radical (unpaired) electrons. The summed E-state index contributed by atoms with van der Waals surface area (Å²) in [4.78, 5) is 33.5. The fourth-order valence-corrected chi connectivity index (χ4v) is 2.52. The largest absolute Gasteiger partial charge is 0.496 e. The average molecular weight is 311 g/mol. The van der Waals surface area contributed by atoms with Gasteiger partial charge in [-0.05, 0) is 18.6 Å². The van der Waals surface area contributed by atoms with Crippen LogP contribution in [0.15, 0.2) is 24.3 Å². The van der Waals surface area contributed by atoms with Gasteiger partial charge in [0.15, 0.2) is 0 Å². The minimum absolute atomic E-state index is 0.0876. The van der Waals surface area contributed by atoms with E-state index >= 15 is 0 Å². The molecule has 0 fully saturated rings. The number of amides is 2. The van der Waals surface area contributed by atoms with Crippen LogP contribution >= 0.6 is 0 Å². The van der Waals surface area contributed by atoms with E-state index in [0.29, 0.717) is 30.0 Å². The average Bonchev–Trinajstić information content (AvgIpc) is 2.60. The van der Waals surface area contributed by atoms with Crippen LogP contribution in [0.1, 0.15) is 32.2 Å². The molecule has 1 aliphatic heterocycles. The van der Waals surface area contributed by atoms with Gasteiger partial charge in [-0.3, -0.25) is 9.59 Å². The van der Waals surface area contributed by atoms with Gasteiger partial charge < -0.3 is 15.4 Å². The van der Waals surface area contributed by atoms with Gasteiger partial charge >= 0.3 is 0 Å². The van der Waals surface area contributed by atoms with Crippen LogP contribution in [0.2, 0.25) is 0 Å². The van der Waals surface area contributed by atoms with E-state index in [1.165, 1.54) is 7.11 Å². The molecule has 2 amide bonds. The number of rotatable bonds is 3. The zero-order chi connectivity index (χ0) is 16.4. The zero-order valence-corrected chi connectivity index (χ0v) is 12.6. The first-order chi connectivity index (χ1) is 11.1. The number of methoxy groups -OCH3 is 1. The number of para-hydroxylation sites is 1. The summed E-state index contributed by atoms with van der Waals surface area (Å²) < 4.78 is 5.24. The predicted octanol–water partition coefficient (Wildman–Crippen LogP) is 0.583. The van der Waals surface area contributed by atoms with Crippen LogP contribution in [0.5, 0.6) is 5.75 Å². The summed E-state index contributed by atoms with van der Waals surface area (Å²) in [5.74, 6) is -0.421. The van der Waals surface area contributed by atoms with Crippen LogP contribution in [0, 0.1) is 6.20 Å². The number of nitrogens with zero attached hydrogens (tertiary/aromatic N) is 3. The van der Waals surface area contributed by atoms with Crippen molar-refractivity contribution in [2.75, 3.05) is 13.7 Å². The molecule has 7 heteroatoms. The standard InChI is InChI=1S/C16H15N4O3/c1-23-13-5-3-2-4-11(13)16(22)20-7-6-10-8-18-15(14(17)21)19-12(10)9-20/h2-5H,6-7,9H2,1H3,(H2,17,21). The van der Waals surface area contributed by atoms with Crippen molar-refractivity contribution in [1.82, 2.24) is 14.9 Å². The third-order valence-corrected chi connectivity index (χ3v) is 3.70. The van der Waals surface area contributed by atoms with Crippen molar-refractivity contribution in [3.05, 3.63) is 53.1 Å². The molecule has 0 saturated carbocycles. The molecule has 7 nitrogen and oxygen atoms in total. The van der Waals surface area contributed by atoms with E-state index in [4.69, 9.17) is 10.5 Å². The SMILES string of the molecule is COc1ccccc1C(=O)N1CCc2[c]nc(C(N)=O)nc2C1. The lowest BCUT2D eigenvalue weighted by Gasteiger charge is -2.28. The molecular weight excluding hydrogens is 296 g/mol. The molecular formula is C16H15N4O3. The maximum atomic E-state index is 12.7. The summed E-state index contributed by atoms with van der Waals surface area (Å²) in [5, 5.41) is 0. The Labute approximate surface area is 133 Å². The maximum Gasteiger partial charge on any atom is 0.286 e. The topological polar surface area (TPSA) is 98.4 Å². The first-order valence-corrected chi connectivity index (χ1v) is 7.09. The second-order valence-electron chi connectivity index (χ2n) is 5.13. The molecule has 2 heterocycles. The van der Waals surface area contributed by atoms with Gasteiger partial charge in [0.25, 0.3) is 11.8 Å². The fraction of sp³-hybridized carbons (Fsp3) is 0.250. The summed E-state index contributed by atoms with van der Waals surface area (Å²) in [7, 11) is 1.53. The molecule has 2 aromatic rings. The van der Waals surface area contributed by atoms with Crippen LogP contribution in [0.4, 0.5) is 0 Å². The number of carbonyl (C=O) groups is 2. The van der Waals surface area contributed by atoms with Gasteiger partial charge in [-0.1, -0.05) is 12.1 Å². The number of benzene rings is 1. The number of hydrogen-bond acceptors (Lipinski definition) is 5. The van der Waals surface area contributed by atoms with Crippen molar-refractivity contribution in [2.24, 2.45) is 5.73 Å². The number of ether oxygens (including phenoxy) is 1. The molecule has 2 N–H and O–H groups in total. The number of hydrogen-bond donors (Lipinski definition) is 1. The summed E-state index contributed by atoms with van der Waals surface area (Å²) >= 11 is 0. The van der Waals surface area contributed by atoms with Gasteiger partial charge in [-0.15, -0.1) is 0 Å². The monoisotopic (exact) mass is 311 g/mol. The number of primary amides is 1. The predicted molar refractivity (Wildman–Crippen MR) is 80.8 cm³/mol. The second kappa shape index (κ2) is 6.04. The van der Waals surface area contributed by atoms with Crippen LogP contribution < -0.4 is 10.5 Å². The highest BCUT2D eigenvalue weighted by molar-refractivity contribution is 5.97. The summed E-state index contributed by atoms with van der Waals surface area (Å²) in [5.41, 5.74) is 7.09. The van der Waals surface area contributed by atoms with Crippen molar-refractivity contribution >= 4 is 11.8 Å². The normalized spacial score (nSPS) is 13.3. The van der Waals surface area contributed by atoms with Gasteiger partial charge in [0, 0.05) is 12.1 Å². The Balaban J connectivity index is 1.87. The molecule has 117 valence electrons. The van der Waals surface area contributed by atoms with Crippen molar-refractivity contribution in [3.63, 3.8) is 0 Å². The highest BCUT2D eigenvalue weighted by atomic mass is 16.5. The van der Waals surface area contributed by atoms with E-state index in [1.54, 1.807) is 23.1 Å². The molecule has 23 heavy (non-hydrogen) atoms. The molecule has 0 unspecified atom stereocenters. The Morgan fingerprint density at radius 2 is 2.13 bits per heavy atom. The van der Waals surface area contributed by atoms with Crippen molar-refractivity contribution in [3.8, 4) is 5.75 Å². The molecule has 1 aromatic heterocycles. The molecule has 0 spiro atoms. The lowest BCUT2D eigenvalue weighted by Crippen LogP contribution is -2.37. The van der Waals surface area contributed by atoms with Gasteiger partial charge in [0.2, 0.25) is 5.82 Å². The first-order valence-electron chi connectivity index (χ1n) is 7.09. The summed E-state index contributed by atoms with van der Waals surface area (Å²) in [6, 6.07) is 7.06. The van der Waals surface area contributed by atoms with E-state index in [-0.39, 0.29) is 18.3 Å². The number of fused-ring (bicyclic) bond motifs is 1. The van der Waals surface area contributed by atoms with E-state index < -0.39 is 5.91 Å². The second-order valence-corrected chi connectivity index (χ2v) is 5.13. The Kier molecular flexibility index (Phi) is 3.92. The highest BCUT2D eigenvalue weighted by Crippen LogP contribution is 2.23. The van der Waals surface area contributed by atoms with E-state index in [9.17, 15) is 9.59 Å². The molecule has 0 atom stereocenters. The molecule has 0 bridgehead atoms. The zero-order valence-electron chi connectivity index (χ0n) is 12.6.